The first-order valence-electron chi connectivity index (χ1n) is 13.7. The van der Waals surface area contributed by atoms with Gasteiger partial charge in [-0.05, 0) is 80.9 Å². The van der Waals surface area contributed by atoms with Crippen LogP contribution in [0.4, 0.5) is 0 Å². The lowest BCUT2D eigenvalue weighted by molar-refractivity contribution is 0.156. The van der Waals surface area contributed by atoms with Gasteiger partial charge in [-0.15, -0.1) is 0 Å². The Morgan fingerprint density at radius 1 is 0.781 bits per heavy atom. The molecule has 2 heteroatoms. The van der Waals surface area contributed by atoms with Crippen molar-refractivity contribution in [3.63, 3.8) is 0 Å². The highest BCUT2D eigenvalue weighted by Gasteiger charge is 2.25. The standard InChI is InChI=1S/C28H48O2.C2H6/c1-19(2)11-8-12-20(3)13-9-14-21(4)15-10-16-25-17-18-26-24(7)27(29)22(5)23(6)28(26)30-25;1-2/h19-21,25,29H,8-18H2,1-7H3;1-2H3. The van der Waals surface area contributed by atoms with Crippen molar-refractivity contribution in [2.45, 2.75) is 139 Å². The van der Waals surface area contributed by atoms with Crippen LogP contribution in [0.5, 0.6) is 11.5 Å². The van der Waals surface area contributed by atoms with E-state index in [1.807, 2.05) is 27.7 Å². The van der Waals surface area contributed by atoms with E-state index in [4.69, 9.17) is 4.74 Å². The Morgan fingerprint density at radius 2 is 1.31 bits per heavy atom. The molecule has 186 valence electrons. The zero-order valence-electron chi connectivity index (χ0n) is 22.9. The van der Waals surface area contributed by atoms with Gasteiger partial charge in [0.15, 0.2) is 0 Å². The first-order valence-corrected chi connectivity index (χ1v) is 13.7. The average molecular weight is 447 g/mol. The largest absolute Gasteiger partial charge is 0.507 e. The van der Waals surface area contributed by atoms with Crippen LogP contribution in [0, 0.1) is 38.5 Å². The molecule has 1 aliphatic rings. The van der Waals surface area contributed by atoms with E-state index >= 15 is 0 Å². The molecule has 2 nitrogen and oxygen atoms in total. The van der Waals surface area contributed by atoms with E-state index in [1.54, 1.807) is 0 Å². The fourth-order valence-corrected chi connectivity index (χ4v) is 5.04. The maximum Gasteiger partial charge on any atom is 0.126 e. The number of benzene rings is 1. The Kier molecular flexibility index (Phi) is 13.4. The molecular weight excluding hydrogens is 392 g/mol. The van der Waals surface area contributed by atoms with Gasteiger partial charge in [0.25, 0.3) is 0 Å². The van der Waals surface area contributed by atoms with Crippen molar-refractivity contribution < 1.29 is 9.84 Å². The molecule has 3 atom stereocenters. The zero-order valence-corrected chi connectivity index (χ0v) is 22.9. The number of ether oxygens (including phenoxy) is 1. The molecule has 0 fully saturated rings. The second kappa shape index (κ2) is 14.9. The zero-order chi connectivity index (χ0) is 24.3. The first-order chi connectivity index (χ1) is 15.2. The molecule has 1 aromatic carbocycles. The molecule has 1 N–H and O–H groups in total. The van der Waals surface area contributed by atoms with Gasteiger partial charge < -0.3 is 9.84 Å². The minimum Gasteiger partial charge on any atom is -0.507 e. The van der Waals surface area contributed by atoms with Gasteiger partial charge in [0.2, 0.25) is 0 Å². The summed E-state index contributed by atoms with van der Waals surface area (Å²) in [5, 5.41) is 10.3. The number of hydrogen-bond acceptors (Lipinski definition) is 2. The summed E-state index contributed by atoms with van der Waals surface area (Å²) in [7, 11) is 0. The molecule has 0 bridgehead atoms. The fraction of sp³-hybridized carbons (Fsp3) is 0.800. The molecule has 0 aliphatic carbocycles. The Hall–Kier alpha value is -1.18. The van der Waals surface area contributed by atoms with Gasteiger partial charge in [-0.3, -0.25) is 0 Å². The van der Waals surface area contributed by atoms with Crippen LogP contribution in [-0.2, 0) is 6.42 Å². The summed E-state index contributed by atoms with van der Waals surface area (Å²) in [5.41, 5.74) is 4.33. The third kappa shape index (κ3) is 8.99. The Labute approximate surface area is 200 Å². The quantitative estimate of drug-likeness (QED) is 0.346. The van der Waals surface area contributed by atoms with Gasteiger partial charge in [-0.2, -0.15) is 0 Å². The predicted molar refractivity (Wildman–Crippen MR) is 141 cm³/mol. The summed E-state index contributed by atoms with van der Waals surface area (Å²) in [5.74, 6) is 4.08. The van der Waals surface area contributed by atoms with Crippen molar-refractivity contribution in [2.75, 3.05) is 0 Å². The smallest absolute Gasteiger partial charge is 0.126 e. The lowest BCUT2D eigenvalue weighted by Gasteiger charge is -2.30. The van der Waals surface area contributed by atoms with Crippen molar-refractivity contribution in [3.8, 4) is 11.5 Å². The van der Waals surface area contributed by atoms with Gasteiger partial charge >= 0.3 is 0 Å². The highest BCUT2D eigenvalue weighted by atomic mass is 16.5. The number of phenols is 1. The van der Waals surface area contributed by atoms with Crippen molar-refractivity contribution >= 4 is 0 Å². The van der Waals surface area contributed by atoms with E-state index < -0.39 is 0 Å². The number of phenolic OH excluding ortho intramolecular Hbond substituents is 1. The minimum absolute atomic E-state index is 0.340. The van der Waals surface area contributed by atoms with Crippen molar-refractivity contribution in [1.82, 2.24) is 0 Å². The minimum atomic E-state index is 0.340. The Bertz CT molecular complexity index is 662. The number of aromatic hydroxyl groups is 1. The molecule has 2 rings (SSSR count). The van der Waals surface area contributed by atoms with E-state index in [9.17, 15) is 5.11 Å². The topological polar surface area (TPSA) is 29.5 Å². The maximum absolute atomic E-state index is 10.3. The molecule has 3 unspecified atom stereocenters. The molecule has 1 aliphatic heterocycles. The normalized spacial score (nSPS) is 17.2. The molecule has 0 saturated heterocycles. The summed E-state index contributed by atoms with van der Waals surface area (Å²) < 4.78 is 6.42. The lowest BCUT2D eigenvalue weighted by Crippen LogP contribution is -2.24. The number of rotatable bonds is 12. The second-order valence-corrected chi connectivity index (χ2v) is 10.7. The molecule has 0 radical (unpaired) electrons. The van der Waals surface area contributed by atoms with Crippen LogP contribution in [0.15, 0.2) is 0 Å². The third-order valence-corrected chi connectivity index (χ3v) is 7.44. The van der Waals surface area contributed by atoms with Crippen LogP contribution >= 0.6 is 0 Å². The SMILES string of the molecule is CC.Cc1c(C)c2c(c(C)c1O)CCC(CCCC(C)CCCC(C)CCCC(C)C)O2. The predicted octanol–water partition coefficient (Wildman–Crippen LogP) is 9.48. The van der Waals surface area contributed by atoms with E-state index in [0.29, 0.717) is 11.9 Å². The van der Waals surface area contributed by atoms with E-state index in [-0.39, 0.29) is 0 Å². The summed E-state index contributed by atoms with van der Waals surface area (Å²) in [4.78, 5) is 0. The van der Waals surface area contributed by atoms with Crippen molar-refractivity contribution in [1.29, 1.82) is 0 Å². The molecular formula is C30H54O2. The average Bonchev–Trinajstić information content (AvgIpc) is 2.77. The molecule has 0 saturated carbocycles. The van der Waals surface area contributed by atoms with E-state index in [2.05, 4.69) is 34.6 Å². The van der Waals surface area contributed by atoms with E-state index in [0.717, 1.165) is 59.5 Å². The molecule has 0 amide bonds. The third-order valence-electron chi connectivity index (χ3n) is 7.44. The van der Waals surface area contributed by atoms with Crippen LogP contribution < -0.4 is 4.74 Å². The first kappa shape index (κ1) is 28.9. The Morgan fingerprint density at radius 3 is 1.88 bits per heavy atom. The maximum atomic E-state index is 10.3. The van der Waals surface area contributed by atoms with Gasteiger partial charge in [0.1, 0.15) is 11.5 Å². The lowest BCUT2D eigenvalue weighted by atomic mass is 9.89. The highest BCUT2D eigenvalue weighted by molar-refractivity contribution is 5.58. The summed E-state index contributed by atoms with van der Waals surface area (Å²) in [6.45, 7) is 19.6. The summed E-state index contributed by atoms with van der Waals surface area (Å²) in [6.07, 6.45) is 14.5. The number of hydrogen-bond donors (Lipinski definition) is 1. The van der Waals surface area contributed by atoms with Crippen LogP contribution in [0.3, 0.4) is 0 Å². The summed E-state index contributed by atoms with van der Waals surface area (Å²) in [6, 6.07) is 0. The molecule has 32 heavy (non-hydrogen) atoms. The van der Waals surface area contributed by atoms with E-state index in [1.165, 1.54) is 56.9 Å². The van der Waals surface area contributed by atoms with Crippen molar-refractivity contribution in [3.05, 3.63) is 22.3 Å². The van der Waals surface area contributed by atoms with Crippen LogP contribution in [-0.4, -0.2) is 11.2 Å². The molecule has 1 aromatic rings. The fourth-order valence-electron chi connectivity index (χ4n) is 5.04. The second-order valence-electron chi connectivity index (χ2n) is 10.7. The van der Waals surface area contributed by atoms with Crippen LogP contribution in [0.25, 0.3) is 0 Å². The molecule has 0 spiro atoms. The number of fused-ring (bicyclic) bond motifs is 1. The van der Waals surface area contributed by atoms with Crippen molar-refractivity contribution in [2.24, 2.45) is 17.8 Å². The molecule has 1 heterocycles. The van der Waals surface area contributed by atoms with Gasteiger partial charge in [0.05, 0.1) is 6.10 Å². The molecule has 0 aromatic heterocycles. The Balaban J connectivity index is 0.00000249. The van der Waals surface area contributed by atoms with Gasteiger partial charge in [-0.1, -0.05) is 86.5 Å². The summed E-state index contributed by atoms with van der Waals surface area (Å²) >= 11 is 0. The highest BCUT2D eigenvalue weighted by Crippen LogP contribution is 2.41. The van der Waals surface area contributed by atoms with Gasteiger partial charge in [-0.25, -0.2) is 0 Å². The van der Waals surface area contributed by atoms with Gasteiger partial charge in [0, 0.05) is 5.56 Å². The monoisotopic (exact) mass is 446 g/mol. The van der Waals surface area contributed by atoms with Crippen LogP contribution in [0.2, 0.25) is 0 Å². The van der Waals surface area contributed by atoms with Crippen LogP contribution in [0.1, 0.15) is 128 Å².